The number of nitrogens with zero attached hydrogens (tertiary/aromatic N) is 1. The summed E-state index contributed by atoms with van der Waals surface area (Å²) in [6.45, 7) is 0.684. The van der Waals surface area contributed by atoms with Gasteiger partial charge in [-0.3, -0.25) is 4.98 Å². The van der Waals surface area contributed by atoms with Crippen molar-refractivity contribution >= 4 is 10.8 Å². The molecule has 0 saturated heterocycles. The van der Waals surface area contributed by atoms with E-state index in [0.717, 1.165) is 29.2 Å². The van der Waals surface area contributed by atoms with Crippen LogP contribution in [0.5, 0.6) is 0 Å². The van der Waals surface area contributed by atoms with Crippen LogP contribution in [0.2, 0.25) is 0 Å². The highest BCUT2D eigenvalue weighted by molar-refractivity contribution is 5.85. The molecular weight excluding hydrogens is 214 g/mol. The average Bonchev–Trinajstić information content (AvgIpc) is 2.38. The fourth-order valence-corrected chi connectivity index (χ4v) is 2.01. The van der Waals surface area contributed by atoms with Crippen molar-refractivity contribution in [3.8, 4) is 0 Å². The first-order valence-electron chi connectivity index (χ1n) is 5.82. The molecule has 1 aromatic carbocycles. The van der Waals surface area contributed by atoms with Gasteiger partial charge in [0.1, 0.15) is 0 Å². The molecular formula is C14H17NO2. The molecule has 0 aliphatic carbocycles. The lowest BCUT2D eigenvalue weighted by Gasteiger charge is -2.13. The van der Waals surface area contributed by atoms with Crippen LogP contribution in [0.4, 0.5) is 0 Å². The van der Waals surface area contributed by atoms with Gasteiger partial charge in [0, 0.05) is 31.5 Å². The Hall–Kier alpha value is -1.45. The van der Waals surface area contributed by atoms with Crippen LogP contribution in [0.25, 0.3) is 10.8 Å². The third-order valence-corrected chi connectivity index (χ3v) is 2.90. The summed E-state index contributed by atoms with van der Waals surface area (Å²) < 4.78 is 4.99. The monoisotopic (exact) mass is 231 g/mol. The molecule has 0 aliphatic heterocycles. The maximum absolute atomic E-state index is 10.2. The molecule has 1 N–H and O–H groups in total. The van der Waals surface area contributed by atoms with Gasteiger partial charge in [-0.2, -0.15) is 0 Å². The molecule has 2 aromatic rings. The summed E-state index contributed by atoms with van der Waals surface area (Å²) in [4.78, 5) is 4.09. The van der Waals surface area contributed by atoms with Crippen LogP contribution in [-0.2, 0) is 4.74 Å². The van der Waals surface area contributed by atoms with Gasteiger partial charge in [-0.15, -0.1) is 0 Å². The van der Waals surface area contributed by atoms with E-state index in [-0.39, 0.29) is 0 Å². The van der Waals surface area contributed by atoms with E-state index in [1.54, 1.807) is 13.3 Å². The van der Waals surface area contributed by atoms with E-state index in [1.165, 1.54) is 0 Å². The van der Waals surface area contributed by atoms with Gasteiger partial charge in [0.15, 0.2) is 0 Å². The van der Waals surface area contributed by atoms with Crippen molar-refractivity contribution in [1.82, 2.24) is 4.98 Å². The third kappa shape index (κ3) is 2.81. The smallest absolute Gasteiger partial charge is 0.0796 e. The van der Waals surface area contributed by atoms with Crippen LogP contribution in [0, 0.1) is 0 Å². The molecule has 17 heavy (non-hydrogen) atoms. The molecule has 2 rings (SSSR count). The molecule has 0 aliphatic rings. The fourth-order valence-electron chi connectivity index (χ4n) is 2.01. The van der Waals surface area contributed by atoms with Gasteiger partial charge >= 0.3 is 0 Å². The highest BCUT2D eigenvalue weighted by Crippen LogP contribution is 2.26. The summed E-state index contributed by atoms with van der Waals surface area (Å²) in [5.41, 5.74) is 0.973. The standard InChI is InChI=1S/C14H17NO2/c1-17-9-3-6-14(16)13-5-2-4-11-10-15-8-7-12(11)13/h2,4-5,7-8,10,14,16H,3,6,9H2,1H3. The van der Waals surface area contributed by atoms with Crippen molar-refractivity contribution in [2.45, 2.75) is 18.9 Å². The quantitative estimate of drug-likeness (QED) is 0.804. The molecule has 0 saturated carbocycles. The number of aliphatic hydroxyl groups is 1. The molecule has 1 atom stereocenters. The van der Waals surface area contributed by atoms with Crippen molar-refractivity contribution in [3.63, 3.8) is 0 Å². The van der Waals surface area contributed by atoms with Crippen molar-refractivity contribution in [2.24, 2.45) is 0 Å². The van der Waals surface area contributed by atoms with Crippen LogP contribution >= 0.6 is 0 Å². The Morgan fingerprint density at radius 3 is 3.06 bits per heavy atom. The van der Waals surface area contributed by atoms with Gasteiger partial charge in [0.2, 0.25) is 0 Å². The average molecular weight is 231 g/mol. The van der Waals surface area contributed by atoms with E-state index >= 15 is 0 Å². The van der Waals surface area contributed by atoms with Crippen LogP contribution in [-0.4, -0.2) is 23.8 Å². The summed E-state index contributed by atoms with van der Waals surface area (Å²) in [6, 6.07) is 7.89. The molecule has 1 aromatic heterocycles. The van der Waals surface area contributed by atoms with Gasteiger partial charge in [-0.05, 0) is 29.9 Å². The fraction of sp³-hybridized carbons (Fsp3) is 0.357. The van der Waals surface area contributed by atoms with Crippen molar-refractivity contribution in [3.05, 3.63) is 42.2 Å². The first kappa shape index (κ1) is 12.0. The number of fused-ring (bicyclic) bond motifs is 1. The number of pyridine rings is 1. The third-order valence-electron chi connectivity index (χ3n) is 2.90. The van der Waals surface area contributed by atoms with Gasteiger partial charge in [0.05, 0.1) is 6.10 Å². The molecule has 1 unspecified atom stereocenters. The normalized spacial score (nSPS) is 12.8. The second-order valence-electron chi connectivity index (χ2n) is 4.09. The zero-order chi connectivity index (χ0) is 12.1. The summed E-state index contributed by atoms with van der Waals surface area (Å²) in [5.74, 6) is 0. The second-order valence-corrected chi connectivity index (χ2v) is 4.09. The van der Waals surface area contributed by atoms with Gasteiger partial charge in [-0.1, -0.05) is 18.2 Å². The van der Waals surface area contributed by atoms with Crippen molar-refractivity contribution in [2.75, 3.05) is 13.7 Å². The first-order valence-corrected chi connectivity index (χ1v) is 5.82. The maximum Gasteiger partial charge on any atom is 0.0796 e. The summed E-state index contributed by atoms with van der Waals surface area (Å²) in [6.07, 6.45) is 4.72. The largest absolute Gasteiger partial charge is 0.388 e. The lowest BCUT2D eigenvalue weighted by molar-refractivity contribution is 0.137. The number of hydrogen-bond donors (Lipinski definition) is 1. The van der Waals surface area contributed by atoms with Gasteiger partial charge in [-0.25, -0.2) is 0 Å². The van der Waals surface area contributed by atoms with E-state index in [2.05, 4.69) is 4.98 Å². The predicted octanol–water partition coefficient (Wildman–Crippen LogP) is 2.69. The highest BCUT2D eigenvalue weighted by atomic mass is 16.5. The highest BCUT2D eigenvalue weighted by Gasteiger charge is 2.10. The predicted molar refractivity (Wildman–Crippen MR) is 67.8 cm³/mol. The van der Waals surface area contributed by atoms with Gasteiger partial charge < -0.3 is 9.84 Å². The van der Waals surface area contributed by atoms with Crippen LogP contribution in [0.3, 0.4) is 0 Å². The first-order chi connectivity index (χ1) is 8.33. The second kappa shape index (κ2) is 5.75. The minimum Gasteiger partial charge on any atom is -0.388 e. The van der Waals surface area contributed by atoms with Crippen molar-refractivity contribution in [1.29, 1.82) is 0 Å². The molecule has 3 heteroatoms. The SMILES string of the molecule is COCCCC(O)c1cccc2cnccc12. The van der Waals surface area contributed by atoms with Crippen LogP contribution < -0.4 is 0 Å². The Bertz CT molecular complexity index is 479. The Morgan fingerprint density at radius 2 is 2.24 bits per heavy atom. The Balaban J connectivity index is 2.22. The number of ether oxygens (including phenoxy) is 1. The Labute approximate surface area is 101 Å². The number of rotatable bonds is 5. The summed E-state index contributed by atoms with van der Waals surface area (Å²) in [5, 5.41) is 12.3. The Morgan fingerprint density at radius 1 is 1.35 bits per heavy atom. The number of methoxy groups -OCH3 is 1. The Kier molecular flexibility index (Phi) is 4.07. The van der Waals surface area contributed by atoms with Crippen molar-refractivity contribution < 1.29 is 9.84 Å². The number of aromatic nitrogens is 1. The topological polar surface area (TPSA) is 42.4 Å². The van der Waals surface area contributed by atoms with Crippen LogP contribution in [0.15, 0.2) is 36.7 Å². The molecule has 3 nitrogen and oxygen atoms in total. The number of benzene rings is 1. The van der Waals surface area contributed by atoms with Crippen LogP contribution in [0.1, 0.15) is 24.5 Å². The lowest BCUT2D eigenvalue weighted by Crippen LogP contribution is -2.00. The van der Waals surface area contributed by atoms with E-state index in [1.807, 2.05) is 30.5 Å². The molecule has 0 amide bonds. The lowest BCUT2D eigenvalue weighted by atomic mass is 9.99. The molecule has 1 heterocycles. The zero-order valence-corrected chi connectivity index (χ0v) is 9.97. The van der Waals surface area contributed by atoms with E-state index < -0.39 is 6.10 Å². The molecule has 0 spiro atoms. The minimum atomic E-state index is -0.434. The molecule has 0 bridgehead atoms. The number of hydrogen-bond acceptors (Lipinski definition) is 3. The van der Waals surface area contributed by atoms with Gasteiger partial charge in [0.25, 0.3) is 0 Å². The summed E-state index contributed by atoms with van der Waals surface area (Å²) >= 11 is 0. The van der Waals surface area contributed by atoms with E-state index in [9.17, 15) is 5.11 Å². The van der Waals surface area contributed by atoms with E-state index in [4.69, 9.17) is 4.74 Å². The summed E-state index contributed by atoms with van der Waals surface area (Å²) in [7, 11) is 1.68. The minimum absolute atomic E-state index is 0.434. The number of aliphatic hydroxyl groups excluding tert-OH is 1. The maximum atomic E-state index is 10.2. The molecule has 0 fully saturated rings. The molecule has 90 valence electrons. The van der Waals surface area contributed by atoms with E-state index in [0.29, 0.717) is 6.61 Å². The molecule has 0 radical (unpaired) electrons. The zero-order valence-electron chi connectivity index (χ0n) is 9.97.